The van der Waals surface area contributed by atoms with Crippen LogP contribution in [0.25, 0.3) is 93.8 Å². The summed E-state index contributed by atoms with van der Waals surface area (Å²) in [7, 11) is 0. The summed E-state index contributed by atoms with van der Waals surface area (Å²) in [6.07, 6.45) is 0. The van der Waals surface area contributed by atoms with E-state index in [0.29, 0.717) is 0 Å². The van der Waals surface area contributed by atoms with E-state index in [-0.39, 0.29) is 5.41 Å². The molecule has 0 aliphatic rings. The summed E-state index contributed by atoms with van der Waals surface area (Å²) in [6.45, 7) is 6.87. The first kappa shape index (κ1) is 30.4. The van der Waals surface area contributed by atoms with E-state index in [0.717, 1.165) is 72.3 Å². The van der Waals surface area contributed by atoms with Crippen molar-refractivity contribution in [2.24, 2.45) is 0 Å². The van der Waals surface area contributed by atoms with Crippen LogP contribution in [-0.2, 0) is 5.41 Å². The van der Waals surface area contributed by atoms with Gasteiger partial charge in [0.25, 0.3) is 0 Å². The summed E-state index contributed by atoms with van der Waals surface area (Å²) < 4.78 is 9.30. The van der Waals surface area contributed by atoms with E-state index in [2.05, 4.69) is 189 Å². The Morgan fingerprint density at radius 2 is 1.13 bits per heavy atom. The molecule has 0 unspecified atom stereocenters. The van der Waals surface area contributed by atoms with Crippen molar-refractivity contribution in [2.75, 3.05) is 0 Å². The van der Waals surface area contributed by atoms with Crippen molar-refractivity contribution in [2.45, 2.75) is 26.2 Å². The predicted molar refractivity (Wildman–Crippen MR) is 218 cm³/mol. The molecular weight excluding hydrogens is 633 g/mol. The quantitative estimate of drug-likeness (QED) is 0.175. The molecule has 3 nitrogen and oxygen atoms in total. The molecule has 0 aliphatic carbocycles. The average Bonchev–Trinajstić information content (AvgIpc) is 3.75. The Bertz CT molecular complexity index is 2920. The highest BCUT2D eigenvalue weighted by atomic mass is 16.3. The third kappa shape index (κ3) is 4.77. The van der Waals surface area contributed by atoms with Crippen LogP contribution in [0, 0.1) is 0 Å². The number of imidazole rings is 1. The Balaban J connectivity index is 1.32. The summed E-state index contributed by atoms with van der Waals surface area (Å²) in [5.74, 6) is 0.846. The molecule has 0 saturated carbocycles. The Kier molecular flexibility index (Phi) is 6.74. The van der Waals surface area contributed by atoms with Gasteiger partial charge in [-0.1, -0.05) is 142 Å². The molecule has 0 atom stereocenters. The van der Waals surface area contributed by atoms with Crippen LogP contribution in [0.5, 0.6) is 0 Å². The molecule has 10 rings (SSSR count). The lowest BCUT2D eigenvalue weighted by Gasteiger charge is -2.26. The molecule has 52 heavy (non-hydrogen) atoms. The average molecular weight is 669 g/mol. The van der Waals surface area contributed by atoms with Gasteiger partial charge in [-0.2, -0.15) is 0 Å². The first-order valence-electron chi connectivity index (χ1n) is 18.0. The molecule has 0 N–H and O–H groups in total. The molecule has 0 fully saturated rings. The number of furan rings is 1. The van der Waals surface area contributed by atoms with Crippen molar-refractivity contribution < 1.29 is 4.42 Å². The van der Waals surface area contributed by atoms with Crippen LogP contribution in [0.15, 0.2) is 168 Å². The Labute approximate surface area is 302 Å². The molecule has 8 aromatic carbocycles. The van der Waals surface area contributed by atoms with Gasteiger partial charge < -0.3 is 4.42 Å². The first-order chi connectivity index (χ1) is 25.4. The highest BCUT2D eigenvalue weighted by Gasteiger charge is 2.26. The van der Waals surface area contributed by atoms with Crippen LogP contribution in [0.1, 0.15) is 26.3 Å². The molecule has 2 aromatic heterocycles. The number of hydrogen-bond donors (Lipinski definition) is 0. The number of para-hydroxylation sites is 3. The van der Waals surface area contributed by atoms with Crippen molar-refractivity contribution in [3.63, 3.8) is 0 Å². The zero-order chi connectivity index (χ0) is 35.0. The summed E-state index contributed by atoms with van der Waals surface area (Å²) in [5, 5.41) is 7.02. The van der Waals surface area contributed by atoms with Crippen LogP contribution < -0.4 is 0 Å². The van der Waals surface area contributed by atoms with Crippen LogP contribution >= 0.6 is 0 Å². The SMILES string of the molecule is CC(C)(C)c1cc(-c2ccccc2)c(-n2c(-c3cccc4c3oc3cc5c(ccc6ccccc65)cc34)nc3ccccc32)c(-c2ccccc2)c1. The van der Waals surface area contributed by atoms with Crippen LogP contribution in [0.2, 0.25) is 0 Å². The number of benzene rings is 8. The van der Waals surface area contributed by atoms with Crippen LogP contribution in [0.4, 0.5) is 0 Å². The van der Waals surface area contributed by atoms with Gasteiger partial charge in [0.05, 0.1) is 22.3 Å². The summed E-state index contributed by atoms with van der Waals surface area (Å²) in [6, 6.07) is 58.7. The topological polar surface area (TPSA) is 31.0 Å². The lowest BCUT2D eigenvalue weighted by Crippen LogP contribution is -2.13. The second kappa shape index (κ2) is 11.5. The van der Waals surface area contributed by atoms with Gasteiger partial charge in [-0.05, 0) is 86.1 Å². The van der Waals surface area contributed by atoms with Gasteiger partial charge in [0.15, 0.2) is 0 Å². The Morgan fingerprint density at radius 1 is 0.500 bits per heavy atom. The summed E-state index contributed by atoms with van der Waals surface area (Å²) in [5.41, 5.74) is 11.6. The number of rotatable bonds is 4. The van der Waals surface area contributed by atoms with Gasteiger partial charge >= 0.3 is 0 Å². The van der Waals surface area contributed by atoms with Gasteiger partial charge in [0.2, 0.25) is 0 Å². The minimum absolute atomic E-state index is 0.0693. The maximum Gasteiger partial charge on any atom is 0.149 e. The molecule has 0 aliphatic heterocycles. The normalized spacial score (nSPS) is 12.1. The zero-order valence-electron chi connectivity index (χ0n) is 29.4. The fourth-order valence-electron chi connectivity index (χ4n) is 7.89. The fourth-order valence-corrected chi connectivity index (χ4v) is 7.89. The van der Waals surface area contributed by atoms with E-state index < -0.39 is 0 Å². The highest BCUT2D eigenvalue weighted by molar-refractivity contribution is 6.17. The molecule has 0 spiro atoms. The standard InChI is InChI=1S/C49H36N2O/c1-49(2,3)35-28-40(31-15-6-4-7-16-31)46(41(29-35)32-17-8-5-9-18-32)51-44-24-13-12-23-43(44)50-48(51)38-22-14-21-37-42-27-34-26-25-33-19-10-11-20-36(33)39(34)30-45(42)52-47(37)38/h4-30H,1-3H3. The Morgan fingerprint density at radius 3 is 1.87 bits per heavy atom. The van der Waals surface area contributed by atoms with Crippen LogP contribution in [-0.4, -0.2) is 9.55 Å². The van der Waals surface area contributed by atoms with E-state index in [4.69, 9.17) is 9.40 Å². The highest BCUT2D eigenvalue weighted by Crippen LogP contribution is 2.45. The predicted octanol–water partition coefficient (Wildman–Crippen LogP) is 13.5. The molecule has 0 radical (unpaired) electrons. The van der Waals surface area contributed by atoms with Crippen LogP contribution in [0.3, 0.4) is 0 Å². The summed E-state index contributed by atoms with van der Waals surface area (Å²) >= 11 is 0. The minimum atomic E-state index is -0.0693. The summed E-state index contributed by atoms with van der Waals surface area (Å²) in [4.78, 5) is 5.42. The van der Waals surface area contributed by atoms with Crippen molar-refractivity contribution in [1.29, 1.82) is 0 Å². The number of aromatic nitrogens is 2. The molecule has 2 heterocycles. The number of hydrogen-bond acceptors (Lipinski definition) is 2. The third-order valence-corrected chi connectivity index (χ3v) is 10.5. The maximum atomic E-state index is 6.92. The first-order valence-corrected chi connectivity index (χ1v) is 18.0. The lowest BCUT2D eigenvalue weighted by atomic mass is 9.82. The Hall–Kier alpha value is -6.45. The smallest absolute Gasteiger partial charge is 0.149 e. The second-order valence-corrected chi connectivity index (χ2v) is 14.8. The zero-order valence-corrected chi connectivity index (χ0v) is 29.4. The van der Waals surface area contributed by atoms with Gasteiger partial charge in [-0.15, -0.1) is 0 Å². The van der Waals surface area contributed by atoms with Gasteiger partial charge in [0, 0.05) is 21.9 Å². The van der Waals surface area contributed by atoms with Crippen molar-refractivity contribution >= 4 is 54.5 Å². The molecule has 248 valence electrons. The maximum absolute atomic E-state index is 6.92. The molecule has 0 bridgehead atoms. The van der Waals surface area contributed by atoms with Crippen molar-refractivity contribution in [1.82, 2.24) is 9.55 Å². The van der Waals surface area contributed by atoms with E-state index >= 15 is 0 Å². The molecular formula is C49H36N2O. The molecule has 10 aromatic rings. The largest absolute Gasteiger partial charge is 0.455 e. The van der Waals surface area contributed by atoms with Gasteiger partial charge in [-0.25, -0.2) is 4.98 Å². The van der Waals surface area contributed by atoms with E-state index in [1.165, 1.54) is 27.1 Å². The van der Waals surface area contributed by atoms with E-state index in [1.807, 2.05) is 0 Å². The second-order valence-electron chi connectivity index (χ2n) is 14.8. The van der Waals surface area contributed by atoms with Gasteiger partial charge in [-0.3, -0.25) is 4.57 Å². The molecule has 3 heteroatoms. The molecule has 0 saturated heterocycles. The monoisotopic (exact) mass is 668 g/mol. The van der Waals surface area contributed by atoms with E-state index in [9.17, 15) is 0 Å². The minimum Gasteiger partial charge on any atom is -0.455 e. The number of fused-ring (bicyclic) bond motifs is 7. The van der Waals surface area contributed by atoms with Gasteiger partial charge in [0.1, 0.15) is 17.0 Å². The van der Waals surface area contributed by atoms with Crippen molar-refractivity contribution in [3.05, 3.63) is 169 Å². The van der Waals surface area contributed by atoms with Crippen molar-refractivity contribution in [3.8, 4) is 39.3 Å². The molecule has 0 amide bonds. The fraction of sp³-hybridized carbons (Fsp3) is 0.0816. The lowest BCUT2D eigenvalue weighted by molar-refractivity contribution is 0.590. The third-order valence-electron chi connectivity index (χ3n) is 10.5. The van der Waals surface area contributed by atoms with E-state index in [1.54, 1.807) is 0 Å². The number of nitrogens with zero attached hydrogens (tertiary/aromatic N) is 2.